The summed E-state index contributed by atoms with van der Waals surface area (Å²) in [5, 5.41) is 15.6. The number of carboxylic acid groups (broad SMARTS) is 1. The summed E-state index contributed by atoms with van der Waals surface area (Å²) in [5.41, 5.74) is 6.67. The molecule has 0 aliphatic carbocycles. The minimum absolute atomic E-state index is 0.107. The van der Waals surface area contributed by atoms with E-state index in [2.05, 4.69) is 44.6 Å². The standard InChI is InChI=1S/C28H30ClN5O2S.CH2O2/c1-36-10-6-18-11-26(35)34(32-15-18)17-22-14-25-28(37-22)23(5-8-31-25)24-13-20(29)12-19-3-2-9-33(27(19)24)21-4-7-30-16-21;2-1-3/h5,8,11-15,21,30H,2-4,6-7,9-10,16-17H2,1H3;1H,(H,2,3)/t21-;/m0./s1. The van der Waals surface area contributed by atoms with Crippen LogP contribution in [0.15, 0.2) is 47.5 Å². The predicted molar refractivity (Wildman–Crippen MR) is 159 cm³/mol. The molecule has 0 unspecified atom stereocenters. The van der Waals surface area contributed by atoms with Gasteiger partial charge in [-0.1, -0.05) is 11.6 Å². The van der Waals surface area contributed by atoms with Crippen LogP contribution in [-0.4, -0.2) is 65.7 Å². The van der Waals surface area contributed by atoms with E-state index >= 15 is 0 Å². The van der Waals surface area contributed by atoms with Crippen LogP contribution in [0.2, 0.25) is 5.02 Å². The highest BCUT2D eigenvalue weighted by Crippen LogP contribution is 2.44. The first-order chi connectivity index (χ1) is 19.5. The number of hydrogen-bond acceptors (Lipinski definition) is 8. The van der Waals surface area contributed by atoms with Gasteiger partial charge in [0.1, 0.15) is 0 Å². The lowest BCUT2D eigenvalue weighted by Crippen LogP contribution is -2.40. The van der Waals surface area contributed by atoms with Gasteiger partial charge in [-0.25, -0.2) is 4.68 Å². The van der Waals surface area contributed by atoms with E-state index < -0.39 is 0 Å². The largest absolute Gasteiger partial charge is 0.483 e. The van der Waals surface area contributed by atoms with E-state index in [9.17, 15) is 4.79 Å². The van der Waals surface area contributed by atoms with Crippen molar-refractivity contribution in [2.45, 2.75) is 38.3 Å². The van der Waals surface area contributed by atoms with Gasteiger partial charge in [0.2, 0.25) is 0 Å². The van der Waals surface area contributed by atoms with Crippen LogP contribution in [0.5, 0.6) is 0 Å². The molecule has 40 heavy (non-hydrogen) atoms. The molecule has 2 aliphatic heterocycles. The Morgan fingerprint density at radius 2 is 2.12 bits per heavy atom. The number of pyridine rings is 1. The van der Waals surface area contributed by atoms with Gasteiger partial charge in [-0.2, -0.15) is 5.10 Å². The fraction of sp³-hybridized carbons (Fsp3) is 0.379. The van der Waals surface area contributed by atoms with Gasteiger partial charge in [-0.15, -0.1) is 11.3 Å². The number of rotatable bonds is 7. The summed E-state index contributed by atoms with van der Waals surface area (Å²) in [6.45, 7) is 3.87. The van der Waals surface area contributed by atoms with E-state index in [1.807, 2.05) is 6.20 Å². The minimum atomic E-state index is -0.250. The van der Waals surface area contributed by atoms with E-state index in [1.54, 1.807) is 30.7 Å². The lowest BCUT2D eigenvalue weighted by atomic mass is 9.92. The van der Waals surface area contributed by atoms with Crippen LogP contribution in [0.4, 0.5) is 5.69 Å². The second-order valence-electron chi connectivity index (χ2n) is 9.90. The molecule has 6 rings (SSSR count). The van der Waals surface area contributed by atoms with Crippen molar-refractivity contribution in [1.82, 2.24) is 20.1 Å². The SMILES string of the molecule is COCCc1cnn(Cc2cc3nccc(-c4cc(Cl)cc5c4N([C@H]4CCNC4)CCC5)c3s2)c(=O)c1.O=CO. The maximum atomic E-state index is 12.7. The van der Waals surface area contributed by atoms with Gasteiger partial charge in [0, 0.05) is 65.2 Å². The molecule has 3 aromatic heterocycles. The molecule has 1 aromatic carbocycles. The summed E-state index contributed by atoms with van der Waals surface area (Å²) in [6.07, 6.45) is 7.64. The molecule has 2 aliphatic rings. The fourth-order valence-corrected chi connectivity index (χ4v) is 6.95. The van der Waals surface area contributed by atoms with E-state index in [-0.39, 0.29) is 12.0 Å². The van der Waals surface area contributed by atoms with Crippen molar-refractivity contribution in [2.24, 2.45) is 0 Å². The summed E-state index contributed by atoms with van der Waals surface area (Å²) in [5.74, 6) is 0. The predicted octanol–water partition coefficient (Wildman–Crippen LogP) is 4.23. The first-order valence-electron chi connectivity index (χ1n) is 13.3. The summed E-state index contributed by atoms with van der Waals surface area (Å²) in [6, 6.07) is 10.6. The third-order valence-corrected chi connectivity index (χ3v) is 8.70. The molecule has 5 heterocycles. The fourth-order valence-electron chi connectivity index (χ4n) is 5.58. The zero-order valence-electron chi connectivity index (χ0n) is 22.3. The molecular formula is C29H32ClN5O4S. The van der Waals surface area contributed by atoms with Crippen molar-refractivity contribution in [3.63, 3.8) is 0 Å². The molecule has 0 bridgehead atoms. The van der Waals surface area contributed by atoms with Crippen molar-refractivity contribution >= 4 is 45.3 Å². The number of nitrogens with zero attached hydrogens (tertiary/aromatic N) is 4. The number of benzene rings is 1. The number of nitrogens with one attached hydrogen (secondary N) is 1. The average Bonchev–Trinajstić information content (AvgIpc) is 3.63. The number of methoxy groups -OCH3 is 1. The Balaban J connectivity index is 0.00000103. The highest BCUT2D eigenvalue weighted by atomic mass is 35.5. The molecule has 0 radical (unpaired) electrons. The van der Waals surface area contributed by atoms with Crippen LogP contribution < -0.4 is 15.8 Å². The number of ether oxygens (including phenoxy) is 1. The molecule has 11 heteroatoms. The Labute approximate surface area is 241 Å². The van der Waals surface area contributed by atoms with Gasteiger partial charge >= 0.3 is 0 Å². The first kappa shape index (κ1) is 28.2. The Hall–Kier alpha value is -3.31. The number of carbonyl (C=O) groups is 1. The second-order valence-corrected chi connectivity index (χ2v) is 11.5. The van der Waals surface area contributed by atoms with Gasteiger partial charge in [0.25, 0.3) is 12.0 Å². The molecule has 2 N–H and O–H groups in total. The molecule has 1 saturated heterocycles. The molecule has 0 saturated carbocycles. The van der Waals surface area contributed by atoms with Crippen molar-refractivity contribution in [1.29, 1.82) is 0 Å². The van der Waals surface area contributed by atoms with Gasteiger partial charge in [0.15, 0.2) is 0 Å². The molecule has 0 spiro atoms. The maximum absolute atomic E-state index is 12.7. The summed E-state index contributed by atoms with van der Waals surface area (Å²) >= 11 is 8.34. The summed E-state index contributed by atoms with van der Waals surface area (Å²) in [4.78, 5) is 29.4. The van der Waals surface area contributed by atoms with Crippen LogP contribution in [-0.2, 0) is 28.9 Å². The monoisotopic (exact) mass is 581 g/mol. The molecule has 1 atom stereocenters. The second kappa shape index (κ2) is 12.9. The van der Waals surface area contributed by atoms with Crippen LogP contribution in [0.3, 0.4) is 0 Å². The van der Waals surface area contributed by atoms with E-state index in [0.717, 1.165) is 70.1 Å². The Bertz CT molecular complexity index is 1550. The lowest BCUT2D eigenvalue weighted by molar-refractivity contribution is -0.122. The van der Waals surface area contributed by atoms with Gasteiger partial charge in [0.05, 0.1) is 29.6 Å². The Morgan fingerprint density at radius 3 is 2.88 bits per heavy atom. The smallest absolute Gasteiger partial charge is 0.290 e. The zero-order chi connectivity index (χ0) is 28.1. The summed E-state index contributed by atoms with van der Waals surface area (Å²) < 4.78 is 7.74. The number of anilines is 1. The van der Waals surface area contributed by atoms with Crippen molar-refractivity contribution in [3.05, 3.63) is 74.1 Å². The summed E-state index contributed by atoms with van der Waals surface area (Å²) in [7, 11) is 1.65. The van der Waals surface area contributed by atoms with Crippen molar-refractivity contribution < 1.29 is 14.6 Å². The molecule has 9 nitrogen and oxygen atoms in total. The number of hydrogen-bond donors (Lipinski definition) is 2. The van der Waals surface area contributed by atoms with Gasteiger partial charge in [-0.3, -0.25) is 14.6 Å². The number of halogens is 1. The Kier molecular flexibility index (Phi) is 9.11. The topological polar surface area (TPSA) is 110 Å². The highest BCUT2D eigenvalue weighted by molar-refractivity contribution is 7.19. The maximum Gasteiger partial charge on any atom is 0.290 e. The van der Waals surface area contributed by atoms with Gasteiger partial charge < -0.3 is 20.1 Å². The molecule has 4 aromatic rings. The quantitative estimate of drug-likeness (QED) is 0.312. The Morgan fingerprint density at radius 1 is 1.27 bits per heavy atom. The number of aromatic nitrogens is 3. The first-order valence-corrected chi connectivity index (χ1v) is 14.5. The van der Waals surface area contributed by atoms with Crippen LogP contribution >= 0.6 is 22.9 Å². The van der Waals surface area contributed by atoms with Gasteiger partial charge in [-0.05, 0) is 67.6 Å². The van der Waals surface area contributed by atoms with E-state index in [4.69, 9.17) is 26.2 Å². The number of aryl methyl sites for hydroxylation is 1. The third-order valence-electron chi connectivity index (χ3n) is 7.34. The van der Waals surface area contributed by atoms with Crippen molar-refractivity contribution in [2.75, 3.05) is 38.3 Å². The molecule has 0 amide bonds. The molecule has 1 fully saturated rings. The van der Waals surface area contributed by atoms with E-state index in [0.29, 0.717) is 25.6 Å². The van der Waals surface area contributed by atoms with Crippen molar-refractivity contribution in [3.8, 4) is 11.1 Å². The van der Waals surface area contributed by atoms with E-state index in [1.165, 1.54) is 21.5 Å². The number of thiophene rings is 1. The highest BCUT2D eigenvalue weighted by Gasteiger charge is 2.30. The zero-order valence-corrected chi connectivity index (χ0v) is 23.9. The van der Waals surface area contributed by atoms with Crippen LogP contribution in [0.1, 0.15) is 28.8 Å². The third kappa shape index (κ3) is 6.05. The normalized spacial score (nSPS) is 16.4. The molecular weight excluding hydrogens is 550 g/mol. The van der Waals surface area contributed by atoms with Crippen LogP contribution in [0, 0.1) is 0 Å². The average molecular weight is 582 g/mol. The minimum Gasteiger partial charge on any atom is -0.483 e. The lowest BCUT2D eigenvalue weighted by Gasteiger charge is -2.38. The molecule has 210 valence electrons. The van der Waals surface area contributed by atoms with Crippen LogP contribution in [0.25, 0.3) is 21.3 Å². The number of fused-ring (bicyclic) bond motifs is 2.